The summed E-state index contributed by atoms with van der Waals surface area (Å²) in [5, 5.41) is 0. The molecule has 5 aromatic rings. The average molecular weight is 442 g/mol. The molecule has 1 aromatic carbocycles. The molecule has 0 bridgehead atoms. The molecule has 0 amide bonds. The van der Waals surface area contributed by atoms with Crippen molar-refractivity contribution in [2.45, 2.75) is 32.9 Å². The number of nitrogens with zero attached hydrogens (tertiary/aromatic N) is 5. The van der Waals surface area contributed by atoms with Crippen LogP contribution in [0.5, 0.6) is 5.75 Å². The zero-order valence-corrected chi connectivity index (χ0v) is 18.1. The Kier molecular flexibility index (Phi) is 4.42. The number of benzene rings is 1. The van der Waals surface area contributed by atoms with Crippen LogP contribution in [0, 0.1) is 0 Å². The molecule has 6 rings (SSSR count). The fourth-order valence-electron chi connectivity index (χ4n) is 4.54. The lowest BCUT2D eigenvalue weighted by Crippen LogP contribution is -2.30. The van der Waals surface area contributed by atoms with E-state index in [1.165, 1.54) is 10.1 Å². The van der Waals surface area contributed by atoms with Gasteiger partial charge < -0.3 is 13.7 Å². The minimum absolute atomic E-state index is 0.386. The fraction of sp³-hybridized carbons (Fsp3) is 0.250. The first-order valence-corrected chi connectivity index (χ1v) is 11.0. The number of imidazole rings is 2. The molecule has 0 saturated carbocycles. The number of aryl methyl sites for hydroxylation is 1. The number of rotatable bonds is 5. The predicted molar refractivity (Wildman–Crippen MR) is 123 cm³/mol. The Bertz CT molecular complexity index is 1610. The monoisotopic (exact) mass is 442 g/mol. The Labute approximate surface area is 187 Å². The fourth-order valence-corrected chi connectivity index (χ4v) is 4.54. The molecule has 0 saturated heterocycles. The normalized spacial score (nSPS) is 13.0. The third-order valence-corrected chi connectivity index (χ3v) is 6.14. The van der Waals surface area contributed by atoms with E-state index in [2.05, 4.69) is 17.1 Å². The summed E-state index contributed by atoms with van der Waals surface area (Å²) in [4.78, 5) is 37.2. The van der Waals surface area contributed by atoms with Crippen molar-refractivity contribution in [3.8, 4) is 5.75 Å². The summed E-state index contributed by atoms with van der Waals surface area (Å²) in [5.41, 5.74) is 3.75. The van der Waals surface area contributed by atoms with E-state index < -0.39 is 11.2 Å². The van der Waals surface area contributed by atoms with Crippen LogP contribution in [0.4, 0.5) is 0 Å². The lowest BCUT2D eigenvalue weighted by molar-refractivity contribution is 0.356. The van der Waals surface area contributed by atoms with E-state index in [0.717, 1.165) is 29.1 Å². The highest BCUT2D eigenvalue weighted by Crippen LogP contribution is 2.27. The molecular formula is C24H22N6O3. The number of hydrogen-bond acceptors (Lipinski definition) is 5. The maximum Gasteiger partial charge on any atom is 0.330 e. The smallest absolute Gasteiger partial charge is 0.330 e. The number of H-pyrrole nitrogens is 1. The molecular weight excluding hydrogens is 420 g/mol. The maximum atomic E-state index is 12.9. The molecule has 1 aliphatic rings. The highest BCUT2D eigenvalue weighted by Gasteiger charge is 2.20. The van der Waals surface area contributed by atoms with E-state index in [-0.39, 0.29) is 0 Å². The van der Waals surface area contributed by atoms with Crippen LogP contribution in [-0.4, -0.2) is 35.1 Å². The quantitative estimate of drug-likeness (QED) is 0.450. The summed E-state index contributed by atoms with van der Waals surface area (Å²) >= 11 is 0. The van der Waals surface area contributed by atoms with Crippen molar-refractivity contribution in [2.24, 2.45) is 0 Å². The minimum Gasteiger partial charge on any atom is -0.493 e. The largest absolute Gasteiger partial charge is 0.493 e. The Morgan fingerprint density at radius 2 is 2.03 bits per heavy atom. The highest BCUT2D eigenvalue weighted by atomic mass is 16.5. The number of aromatic amines is 1. The van der Waals surface area contributed by atoms with Gasteiger partial charge in [-0.2, -0.15) is 0 Å². The average Bonchev–Trinajstić information content (AvgIpc) is 3.51. The van der Waals surface area contributed by atoms with Gasteiger partial charge in [-0.1, -0.05) is 18.2 Å². The van der Waals surface area contributed by atoms with Crippen LogP contribution in [0.2, 0.25) is 0 Å². The second-order valence-electron chi connectivity index (χ2n) is 8.21. The first-order chi connectivity index (χ1) is 16.1. The molecule has 0 spiro atoms. The van der Waals surface area contributed by atoms with E-state index in [4.69, 9.17) is 14.7 Å². The second-order valence-corrected chi connectivity index (χ2v) is 8.21. The molecule has 1 N–H and O–H groups in total. The molecule has 0 fully saturated rings. The summed E-state index contributed by atoms with van der Waals surface area (Å²) in [5.74, 6) is 1.56. The zero-order chi connectivity index (χ0) is 22.5. The molecule has 4 aromatic heterocycles. The van der Waals surface area contributed by atoms with E-state index in [1.807, 2.05) is 52.6 Å². The van der Waals surface area contributed by atoms with E-state index in [0.29, 0.717) is 43.1 Å². The van der Waals surface area contributed by atoms with Crippen LogP contribution in [0.25, 0.3) is 16.8 Å². The van der Waals surface area contributed by atoms with Gasteiger partial charge in [0.25, 0.3) is 5.56 Å². The predicted octanol–water partition coefficient (Wildman–Crippen LogP) is 2.13. The zero-order valence-electron chi connectivity index (χ0n) is 18.1. The summed E-state index contributed by atoms with van der Waals surface area (Å²) in [6.45, 7) is 3.39. The Balaban J connectivity index is 1.51. The van der Waals surface area contributed by atoms with Gasteiger partial charge >= 0.3 is 5.69 Å². The van der Waals surface area contributed by atoms with E-state index >= 15 is 0 Å². The molecule has 166 valence electrons. The van der Waals surface area contributed by atoms with Gasteiger partial charge in [0, 0.05) is 38.3 Å². The van der Waals surface area contributed by atoms with Gasteiger partial charge in [-0.15, -0.1) is 0 Å². The molecule has 5 heterocycles. The van der Waals surface area contributed by atoms with Crippen molar-refractivity contribution in [2.75, 3.05) is 6.61 Å². The van der Waals surface area contributed by atoms with Crippen molar-refractivity contribution in [1.29, 1.82) is 0 Å². The summed E-state index contributed by atoms with van der Waals surface area (Å²) in [6, 6.07) is 12.0. The maximum absolute atomic E-state index is 12.9. The third-order valence-electron chi connectivity index (χ3n) is 6.14. The van der Waals surface area contributed by atoms with Crippen molar-refractivity contribution >= 4 is 16.8 Å². The van der Waals surface area contributed by atoms with Crippen molar-refractivity contribution in [3.63, 3.8) is 0 Å². The van der Waals surface area contributed by atoms with Crippen molar-refractivity contribution < 1.29 is 4.74 Å². The number of ether oxygens (including phenoxy) is 1. The Morgan fingerprint density at radius 3 is 2.88 bits per heavy atom. The molecule has 33 heavy (non-hydrogen) atoms. The third kappa shape index (κ3) is 3.24. The van der Waals surface area contributed by atoms with Gasteiger partial charge in [0.2, 0.25) is 0 Å². The molecule has 0 unspecified atom stereocenters. The standard InChI is InChI=1S/C24H22N6O3/c1-2-29-22-21(23(31)27-24(29)32)30(13-15-6-7-16-8-10-33-18(16)11-15)20(26-22)12-17-14-28-9-4-3-5-19(28)25-17/h3-7,9,11,14H,2,8,10,12-13H2,1H3,(H,27,31,32). The minimum atomic E-state index is -0.454. The Hall–Kier alpha value is -4.14. The first kappa shape index (κ1) is 19.5. The molecule has 0 radical (unpaired) electrons. The van der Waals surface area contributed by atoms with Crippen LogP contribution >= 0.6 is 0 Å². The van der Waals surface area contributed by atoms with Crippen LogP contribution in [0.1, 0.15) is 29.6 Å². The lowest BCUT2D eigenvalue weighted by Gasteiger charge is -2.10. The SMILES string of the molecule is CCn1c(=O)[nH]c(=O)c2c1nc(Cc1cn3ccccc3n1)n2Cc1ccc2c(c1)OCC2. The van der Waals surface area contributed by atoms with Gasteiger partial charge in [-0.05, 0) is 36.2 Å². The van der Waals surface area contributed by atoms with Gasteiger partial charge in [0.05, 0.1) is 12.3 Å². The van der Waals surface area contributed by atoms with Crippen LogP contribution in [0.15, 0.2) is 58.4 Å². The van der Waals surface area contributed by atoms with Gasteiger partial charge in [-0.3, -0.25) is 14.3 Å². The molecule has 1 aliphatic heterocycles. The summed E-state index contributed by atoms with van der Waals surface area (Å²) in [7, 11) is 0. The van der Waals surface area contributed by atoms with Crippen LogP contribution in [0.3, 0.4) is 0 Å². The topological polar surface area (TPSA) is 99.2 Å². The van der Waals surface area contributed by atoms with Crippen LogP contribution < -0.4 is 16.0 Å². The van der Waals surface area contributed by atoms with Crippen molar-refractivity contribution in [3.05, 3.63) is 92.3 Å². The number of aromatic nitrogens is 6. The number of fused-ring (bicyclic) bond motifs is 3. The van der Waals surface area contributed by atoms with Gasteiger partial charge in [0.1, 0.15) is 17.2 Å². The Morgan fingerprint density at radius 1 is 1.12 bits per heavy atom. The highest BCUT2D eigenvalue weighted by molar-refractivity contribution is 5.71. The second kappa shape index (κ2) is 7.47. The lowest BCUT2D eigenvalue weighted by atomic mass is 10.1. The van der Waals surface area contributed by atoms with Crippen LogP contribution in [-0.2, 0) is 25.9 Å². The van der Waals surface area contributed by atoms with Gasteiger partial charge in [-0.25, -0.2) is 14.8 Å². The summed E-state index contributed by atoms with van der Waals surface area (Å²) < 4.78 is 11.1. The van der Waals surface area contributed by atoms with E-state index in [9.17, 15) is 9.59 Å². The number of pyridine rings is 1. The molecule has 9 heteroatoms. The molecule has 0 atom stereocenters. The summed E-state index contributed by atoms with van der Waals surface area (Å²) in [6.07, 6.45) is 5.23. The van der Waals surface area contributed by atoms with Gasteiger partial charge in [0.15, 0.2) is 11.2 Å². The first-order valence-electron chi connectivity index (χ1n) is 11.0. The van der Waals surface area contributed by atoms with Crippen molar-refractivity contribution in [1.82, 2.24) is 28.5 Å². The molecule has 9 nitrogen and oxygen atoms in total. The number of nitrogens with one attached hydrogen (secondary N) is 1. The molecule has 0 aliphatic carbocycles. The number of hydrogen-bond donors (Lipinski definition) is 1. The van der Waals surface area contributed by atoms with E-state index in [1.54, 1.807) is 0 Å².